The highest BCUT2D eigenvalue weighted by Crippen LogP contribution is 2.34. The van der Waals surface area contributed by atoms with Crippen LogP contribution in [-0.4, -0.2) is 21.5 Å². The Morgan fingerprint density at radius 1 is 1.32 bits per heavy atom. The molecule has 0 atom stereocenters. The van der Waals surface area contributed by atoms with Crippen LogP contribution in [0.25, 0.3) is 22.2 Å². The lowest BCUT2D eigenvalue weighted by Gasteiger charge is -2.11. The third kappa shape index (κ3) is 2.84. The minimum Gasteiger partial charge on any atom is -0.348 e. The molecule has 25 heavy (non-hydrogen) atoms. The van der Waals surface area contributed by atoms with Crippen molar-refractivity contribution >= 4 is 16.9 Å². The summed E-state index contributed by atoms with van der Waals surface area (Å²) in [7, 11) is 0. The molecule has 2 heterocycles. The number of aromatic nitrogens is 2. The van der Waals surface area contributed by atoms with Crippen LogP contribution in [0.3, 0.4) is 0 Å². The largest absolute Gasteiger partial charge is 0.348 e. The summed E-state index contributed by atoms with van der Waals surface area (Å²) in [5, 5.41) is 3.13. The lowest BCUT2D eigenvalue weighted by molar-refractivity contribution is 0.0943. The third-order valence-corrected chi connectivity index (χ3v) is 4.60. The number of allylic oxidation sites excluding steroid dienone is 1. The van der Waals surface area contributed by atoms with E-state index in [1.54, 1.807) is 6.20 Å². The quantitative estimate of drug-likeness (QED) is 0.716. The number of hydrogen-bond acceptors (Lipinski definition) is 2. The molecule has 1 aliphatic rings. The van der Waals surface area contributed by atoms with Crippen LogP contribution < -0.4 is 5.32 Å². The minimum atomic E-state index is -0.0297. The van der Waals surface area contributed by atoms with Crippen LogP contribution in [0.5, 0.6) is 0 Å². The molecule has 1 saturated carbocycles. The Morgan fingerprint density at radius 3 is 2.76 bits per heavy atom. The topological polar surface area (TPSA) is 46.9 Å². The number of fused-ring (bicyclic) bond motifs is 1. The van der Waals surface area contributed by atoms with Gasteiger partial charge < -0.3 is 9.88 Å². The normalized spacial score (nSPS) is 13.8. The van der Waals surface area contributed by atoms with Crippen LogP contribution >= 0.6 is 0 Å². The minimum absolute atomic E-state index is 0.0297. The van der Waals surface area contributed by atoms with Gasteiger partial charge in [0.25, 0.3) is 5.91 Å². The maximum atomic E-state index is 13.0. The van der Waals surface area contributed by atoms with Gasteiger partial charge in [-0.05, 0) is 37.5 Å². The van der Waals surface area contributed by atoms with Gasteiger partial charge in [0, 0.05) is 24.3 Å². The molecule has 1 aromatic carbocycles. The molecule has 0 radical (unpaired) electrons. The van der Waals surface area contributed by atoms with Crippen LogP contribution in [0.1, 0.15) is 28.9 Å². The van der Waals surface area contributed by atoms with E-state index in [9.17, 15) is 4.79 Å². The molecule has 1 amide bonds. The molecule has 0 saturated heterocycles. The van der Waals surface area contributed by atoms with Gasteiger partial charge in [0.05, 0.1) is 11.0 Å². The van der Waals surface area contributed by atoms with Gasteiger partial charge in [0.1, 0.15) is 5.69 Å². The van der Waals surface area contributed by atoms with Gasteiger partial charge in [-0.3, -0.25) is 9.78 Å². The summed E-state index contributed by atoms with van der Waals surface area (Å²) < 4.78 is 2.02. The Hall–Kier alpha value is -2.88. The first-order valence-corrected chi connectivity index (χ1v) is 8.65. The third-order valence-electron chi connectivity index (χ3n) is 4.60. The molecule has 4 rings (SSSR count). The van der Waals surface area contributed by atoms with Crippen molar-refractivity contribution in [2.45, 2.75) is 32.4 Å². The molecule has 1 aliphatic carbocycles. The Balaban J connectivity index is 1.98. The zero-order valence-electron chi connectivity index (χ0n) is 14.3. The SMILES string of the molecule is C=CCn1c(C(=O)NC2CC2)c(-c2ccc(C)cc2)c2ncccc21. The van der Waals surface area contributed by atoms with E-state index in [2.05, 4.69) is 48.1 Å². The van der Waals surface area contributed by atoms with Crippen molar-refractivity contribution in [3.05, 3.63) is 66.5 Å². The molecule has 0 bridgehead atoms. The predicted octanol–water partition coefficient (Wildman–Crippen LogP) is 4.09. The molecular formula is C21H21N3O. The van der Waals surface area contributed by atoms with Crippen molar-refractivity contribution in [1.29, 1.82) is 0 Å². The molecule has 0 aliphatic heterocycles. The van der Waals surface area contributed by atoms with Crippen LogP contribution in [0.4, 0.5) is 0 Å². The van der Waals surface area contributed by atoms with E-state index in [0.717, 1.165) is 35.0 Å². The molecule has 4 nitrogen and oxygen atoms in total. The van der Waals surface area contributed by atoms with E-state index in [1.807, 2.05) is 22.8 Å². The van der Waals surface area contributed by atoms with Crippen LogP contribution in [-0.2, 0) is 6.54 Å². The predicted molar refractivity (Wildman–Crippen MR) is 101 cm³/mol. The van der Waals surface area contributed by atoms with E-state index >= 15 is 0 Å². The lowest BCUT2D eigenvalue weighted by atomic mass is 10.0. The summed E-state index contributed by atoms with van der Waals surface area (Å²) >= 11 is 0. The van der Waals surface area contributed by atoms with Crippen molar-refractivity contribution < 1.29 is 4.79 Å². The number of hydrogen-bond donors (Lipinski definition) is 1. The van der Waals surface area contributed by atoms with E-state index in [1.165, 1.54) is 5.56 Å². The van der Waals surface area contributed by atoms with Crippen molar-refractivity contribution in [2.24, 2.45) is 0 Å². The molecule has 1 fully saturated rings. The number of amides is 1. The second-order valence-corrected chi connectivity index (χ2v) is 6.61. The number of nitrogens with zero attached hydrogens (tertiary/aromatic N) is 2. The number of aryl methyl sites for hydroxylation is 1. The number of carbonyl (C=O) groups is 1. The highest BCUT2D eigenvalue weighted by atomic mass is 16.2. The number of carbonyl (C=O) groups excluding carboxylic acids is 1. The van der Waals surface area contributed by atoms with Gasteiger partial charge in [0.15, 0.2) is 0 Å². The first-order chi connectivity index (χ1) is 12.2. The average Bonchev–Trinajstić information content (AvgIpc) is 3.37. The second kappa shape index (κ2) is 6.20. The Bertz CT molecular complexity index is 949. The summed E-state index contributed by atoms with van der Waals surface area (Å²) in [4.78, 5) is 17.6. The maximum absolute atomic E-state index is 13.0. The fraction of sp³-hybridized carbons (Fsp3) is 0.238. The highest BCUT2D eigenvalue weighted by molar-refractivity contribution is 6.09. The Labute approximate surface area is 147 Å². The first kappa shape index (κ1) is 15.6. The van der Waals surface area contributed by atoms with Crippen LogP contribution in [0.15, 0.2) is 55.3 Å². The molecule has 3 aromatic rings. The zero-order chi connectivity index (χ0) is 17.4. The molecule has 4 heteroatoms. The summed E-state index contributed by atoms with van der Waals surface area (Å²) in [6.45, 7) is 6.49. The van der Waals surface area contributed by atoms with E-state index < -0.39 is 0 Å². The molecular weight excluding hydrogens is 310 g/mol. The summed E-state index contributed by atoms with van der Waals surface area (Å²) in [6.07, 6.45) is 5.72. The van der Waals surface area contributed by atoms with Crippen LogP contribution in [0, 0.1) is 6.92 Å². The van der Waals surface area contributed by atoms with Crippen molar-refractivity contribution in [3.63, 3.8) is 0 Å². The first-order valence-electron chi connectivity index (χ1n) is 8.65. The molecule has 1 N–H and O–H groups in total. The van der Waals surface area contributed by atoms with Crippen molar-refractivity contribution in [1.82, 2.24) is 14.9 Å². The Morgan fingerprint density at radius 2 is 2.08 bits per heavy atom. The van der Waals surface area contributed by atoms with E-state index in [4.69, 9.17) is 0 Å². The fourth-order valence-electron chi connectivity index (χ4n) is 3.20. The number of benzene rings is 1. The molecule has 0 spiro atoms. The van der Waals surface area contributed by atoms with E-state index in [-0.39, 0.29) is 5.91 Å². The van der Waals surface area contributed by atoms with Gasteiger partial charge in [-0.1, -0.05) is 35.9 Å². The Kier molecular flexibility index (Phi) is 3.88. The second-order valence-electron chi connectivity index (χ2n) is 6.61. The van der Waals surface area contributed by atoms with Crippen molar-refractivity contribution in [3.8, 4) is 11.1 Å². The molecule has 0 unspecified atom stereocenters. The van der Waals surface area contributed by atoms with Gasteiger partial charge in [0.2, 0.25) is 0 Å². The standard InChI is InChI=1S/C21H21N3O/c1-3-13-24-17-5-4-12-22-19(17)18(15-8-6-14(2)7-9-15)20(24)21(25)23-16-10-11-16/h3-9,12,16H,1,10-11,13H2,2H3,(H,23,25). The van der Waals surface area contributed by atoms with Crippen LogP contribution in [0.2, 0.25) is 0 Å². The van der Waals surface area contributed by atoms with Gasteiger partial charge in [-0.15, -0.1) is 6.58 Å². The van der Waals surface area contributed by atoms with Gasteiger partial charge >= 0.3 is 0 Å². The van der Waals surface area contributed by atoms with Gasteiger partial charge in [-0.2, -0.15) is 0 Å². The number of rotatable bonds is 5. The maximum Gasteiger partial charge on any atom is 0.268 e. The number of pyridine rings is 1. The van der Waals surface area contributed by atoms with Gasteiger partial charge in [-0.25, -0.2) is 0 Å². The molecule has 2 aromatic heterocycles. The average molecular weight is 331 g/mol. The van der Waals surface area contributed by atoms with Crippen molar-refractivity contribution in [2.75, 3.05) is 0 Å². The summed E-state index contributed by atoms with van der Waals surface area (Å²) in [6, 6.07) is 12.5. The summed E-state index contributed by atoms with van der Waals surface area (Å²) in [5.41, 5.74) is 5.58. The monoisotopic (exact) mass is 331 g/mol. The number of nitrogens with one attached hydrogen (secondary N) is 1. The zero-order valence-corrected chi connectivity index (χ0v) is 14.3. The summed E-state index contributed by atoms with van der Waals surface area (Å²) in [5.74, 6) is -0.0297. The fourth-order valence-corrected chi connectivity index (χ4v) is 3.20. The highest BCUT2D eigenvalue weighted by Gasteiger charge is 2.29. The lowest BCUT2D eigenvalue weighted by Crippen LogP contribution is -2.28. The smallest absolute Gasteiger partial charge is 0.268 e. The molecule has 126 valence electrons. The van der Waals surface area contributed by atoms with E-state index in [0.29, 0.717) is 18.3 Å².